The molecule has 2 bridgehead atoms. The lowest BCUT2D eigenvalue weighted by atomic mass is 9.85. The number of hydrogen-bond donors (Lipinski definition) is 0. The van der Waals surface area contributed by atoms with E-state index in [4.69, 9.17) is 11.6 Å². The third kappa shape index (κ3) is 2.45. The first-order valence-electron chi connectivity index (χ1n) is 6.43. The van der Waals surface area contributed by atoms with Gasteiger partial charge in [0.1, 0.15) is 0 Å². The molecule has 0 aromatic heterocycles. The van der Waals surface area contributed by atoms with Crippen LogP contribution in [0, 0.1) is 17.8 Å². The van der Waals surface area contributed by atoms with Gasteiger partial charge in [0.15, 0.2) is 0 Å². The first kappa shape index (κ1) is 10.8. The number of alkyl halides is 1. The molecule has 0 heterocycles. The fourth-order valence-electron chi connectivity index (χ4n) is 3.58. The van der Waals surface area contributed by atoms with Crippen molar-refractivity contribution >= 4 is 11.6 Å². The van der Waals surface area contributed by atoms with E-state index in [2.05, 4.69) is 6.92 Å². The topological polar surface area (TPSA) is 0 Å². The molecule has 0 radical (unpaired) electrons. The monoisotopic (exact) mass is 214 g/mol. The summed E-state index contributed by atoms with van der Waals surface area (Å²) < 4.78 is 0. The van der Waals surface area contributed by atoms with Gasteiger partial charge >= 0.3 is 0 Å². The van der Waals surface area contributed by atoms with E-state index in [1.165, 1.54) is 44.9 Å². The van der Waals surface area contributed by atoms with E-state index < -0.39 is 0 Å². The maximum Gasteiger partial charge on any atom is 0.0336 e. The summed E-state index contributed by atoms with van der Waals surface area (Å²) in [6, 6.07) is 0. The van der Waals surface area contributed by atoms with Gasteiger partial charge in [-0.15, -0.1) is 11.6 Å². The van der Waals surface area contributed by atoms with Crippen molar-refractivity contribution in [2.24, 2.45) is 17.8 Å². The molecule has 14 heavy (non-hydrogen) atoms. The number of hydrogen-bond acceptors (Lipinski definition) is 0. The summed E-state index contributed by atoms with van der Waals surface area (Å²) >= 11 is 6.26. The highest BCUT2D eigenvalue weighted by Gasteiger charge is 2.38. The smallest absolute Gasteiger partial charge is 0.0336 e. The maximum absolute atomic E-state index is 6.26. The van der Waals surface area contributed by atoms with E-state index in [1.54, 1.807) is 6.42 Å². The maximum atomic E-state index is 6.26. The van der Waals surface area contributed by atoms with Crippen molar-refractivity contribution < 1.29 is 0 Å². The summed E-state index contributed by atoms with van der Waals surface area (Å²) in [5.41, 5.74) is 0. The van der Waals surface area contributed by atoms with Crippen LogP contribution >= 0.6 is 11.6 Å². The van der Waals surface area contributed by atoms with Gasteiger partial charge in [0.25, 0.3) is 0 Å². The van der Waals surface area contributed by atoms with Crippen LogP contribution in [0.15, 0.2) is 0 Å². The van der Waals surface area contributed by atoms with E-state index in [0.29, 0.717) is 5.38 Å². The Balaban J connectivity index is 1.66. The fraction of sp³-hybridized carbons (Fsp3) is 1.00. The molecule has 2 aliphatic rings. The zero-order chi connectivity index (χ0) is 9.97. The molecular formula is C13H23Cl. The number of halogens is 1. The molecule has 4 atom stereocenters. The average Bonchev–Trinajstić information content (AvgIpc) is 2.76. The van der Waals surface area contributed by atoms with E-state index >= 15 is 0 Å². The van der Waals surface area contributed by atoms with Crippen LogP contribution in [0.5, 0.6) is 0 Å². The summed E-state index contributed by atoms with van der Waals surface area (Å²) in [5.74, 6) is 3.24. The van der Waals surface area contributed by atoms with Crippen molar-refractivity contribution in [2.45, 2.75) is 63.7 Å². The van der Waals surface area contributed by atoms with Crippen molar-refractivity contribution in [2.75, 3.05) is 0 Å². The lowest BCUT2D eigenvalue weighted by Crippen LogP contribution is -2.12. The third-order valence-corrected chi connectivity index (χ3v) is 4.77. The summed E-state index contributed by atoms with van der Waals surface area (Å²) in [4.78, 5) is 0. The lowest BCUT2D eigenvalue weighted by Gasteiger charge is -2.22. The van der Waals surface area contributed by atoms with Crippen LogP contribution in [0.4, 0.5) is 0 Å². The van der Waals surface area contributed by atoms with Gasteiger partial charge in [-0.25, -0.2) is 0 Å². The van der Waals surface area contributed by atoms with E-state index in [9.17, 15) is 0 Å². The Morgan fingerprint density at radius 2 is 2.07 bits per heavy atom. The van der Waals surface area contributed by atoms with Gasteiger partial charge in [0, 0.05) is 5.38 Å². The minimum atomic E-state index is 0.458. The SMILES string of the molecule is CCCC(Cl)CCC1CC2CCC1C2. The van der Waals surface area contributed by atoms with Crippen LogP contribution in [0.3, 0.4) is 0 Å². The molecule has 4 unspecified atom stereocenters. The minimum Gasteiger partial charge on any atom is -0.123 e. The molecule has 1 heteroatoms. The molecule has 2 fully saturated rings. The Morgan fingerprint density at radius 3 is 2.64 bits per heavy atom. The highest BCUT2D eigenvalue weighted by molar-refractivity contribution is 6.20. The van der Waals surface area contributed by atoms with Crippen LogP contribution < -0.4 is 0 Å². The van der Waals surface area contributed by atoms with Crippen molar-refractivity contribution in [1.29, 1.82) is 0 Å². The van der Waals surface area contributed by atoms with Crippen LogP contribution in [0.25, 0.3) is 0 Å². The van der Waals surface area contributed by atoms with Gasteiger partial charge < -0.3 is 0 Å². The van der Waals surface area contributed by atoms with E-state index in [0.717, 1.165) is 17.8 Å². The summed E-state index contributed by atoms with van der Waals surface area (Å²) in [5, 5.41) is 0.458. The average molecular weight is 215 g/mol. The Bertz CT molecular complexity index is 178. The Labute approximate surface area is 93.4 Å². The molecule has 2 saturated carbocycles. The fourth-order valence-corrected chi connectivity index (χ4v) is 3.93. The molecule has 0 N–H and O–H groups in total. The largest absolute Gasteiger partial charge is 0.123 e. The minimum absolute atomic E-state index is 0.458. The summed E-state index contributed by atoms with van der Waals surface area (Å²) in [7, 11) is 0. The molecule has 2 aliphatic carbocycles. The summed E-state index contributed by atoms with van der Waals surface area (Å²) in [6.07, 6.45) is 11.3. The van der Waals surface area contributed by atoms with Gasteiger partial charge in [-0.05, 0) is 56.3 Å². The van der Waals surface area contributed by atoms with Crippen LogP contribution in [-0.2, 0) is 0 Å². The predicted molar refractivity (Wildman–Crippen MR) is 62.7 cm³/mol. The Morgan fingerprint density at radius 1 is 1.21 bits per heavy atom. The van der Waals surface area contributed by atoms with E-state index in [1.807, 2.05) is 0 Å². The molecule has 0 aromatic rings. The zero-order valence-electron chi connectivity index (χ0n) is 9.34. The van der Waals surface area contributed by atoms with Gasteiger partial charge in [-0.1, -0.05) is 19.8 Å². The molecule has 0 aromatic carbocycles. The van der Waals surface area contributed by atoms with E-state index in [-0.39, 0.29) is 0 Å². The molecule has 0 nitrogen and oxygen atoms in total. The van der Waals surface area contributed by atoms with Crippen molar-refractivity contribution in [3.8, 4) is 0 Å². The molecule has 0 amide bonds. The second-order valence-corrected chi connectivity index (χ2v) is 6.02. The molecule has 2 rings (SSSR count). The van der Waals surface area contributed by atoms with Crippen molar-refractivity contribution in [3.63, 3.8) is 0 Å². The number of rotatable bonds is 5. The predicted octanol–water partition coefficient (Wildman–Crippen LogP) is 4.61. The van der Waals surface area contributed by atoms with Crippen LogP contribution in [0.2, 0.25) is 0 Å². The van der Waals surface area contributed by atoms with Crippen LogP contribution in [0.1, 0.15) is 58.3 Å². The summed E-state index contributed by atoms with van der Waals surface area (Å²) in [6.45, 7) is 2.23. The standard InChI is InChI=1S/C13H23Cl/c1-2-3-13(14)7-6-12-9-10-4-5-11(12)8-10/h10-13H,2-9H2,1H3. The zero-order valence-corrected chi connectivity index (χ0v) is 10.1. The van der Waals surface area contributed by atoms with Crippen molar-refractivity contribution in [3.05, 3.63) is 0 Å². The molecule has 0 aliphatic heterocycles. The molecule has 0 saturated heterocycles. The highest BCUT2D eigenvalue weighted by atomic mass is 35.5. The Kier molecular flexibility index (Phi) is 3.76. The van der Waals surface area contributed by atoms with Crippen LogP contribution in [-0.4, -0.2) is 5.38 Å². The Hall–Kier alpha value is 0.290. The number of fused-ring (bicyclic) bond motifs is 2. The quantitative estimate of drug-likeness (QED) is 0.587. The van der Waals surface area contributed by atoms with Crippen molar-refractivity contribution in [1.82, 2.24) is 0 Å². The second-order valence-electron chi connectivity index (χ2n) is 5.40. The first-order valence-corrected chi connectivity index (χ1v) is 6.87. The van der Waals surface area contributed by atoms with Gasteiger partial charge in [0.2, 0.25) is 0 Å². The second kappa shape index (κ2) is 4.88. The normalized spacial score (nSPS) is 37.7. The first-order chi connectivity index (χ1) is 6.79. The third-order valence-electron chi connectivity index (χ3n) is 4.34. The van der Waals surface area contributed by atoms with Gasteiger partial charge in [-0.3, -0.25) is 0 Å². The van der Waals surface area contributed by atoms with Gasteiger partial charge in [-0.2, -0.15) is 0 Å². The lowest BCUT2D eigenvalue weighted by molar-refractivity contribution is 0.306. The molecular weight excluding hydrogens is 192 g/mol. The van der Waals surface area contributed by atoms with Gasteiger partial charge in [0.05, 0.1) is 0 Å². The molecule has 82 valence electrons. The molecule has 0 spiro atoms. The highest BCUT2D eigenvalue weighted by Crippen LogP contribution is 2.50.